The number of Topliss-reactive ketones (excluding diaryl/α,β-unsaturated/α-hetero) is 2. The average molecular weight is 1560 g/mol. The Morgan fingerprint density at radius 2 is 0.955 bits per heavy atom. The maximum atomic E-state index is 11.4. The summed E-state index contributed by atoms with van der Waals surface area (Å²) in [6, 6.07) is 60.4. The number of halogens is 2. The molecule has 5 N–H and O–H groups in total. The van der Waals surface area contributed by atoms with E-state index >= 15 is 0 Å². The third-order valence-corrected chi connectivity index (χ3v) is 16.3. The number of hydrogen-bond donors (Lipinski definition) is 5. The Morgan fingerprint density at radius 1 is 0.541 bits per heavy atom. The predicted molar refractivity (Wildman–Crippen MR) is 450 cm³/mol. The van der Waals surface area contributed by atoms with Crippen molar-refractivity contribution in [1.29, 1.82) is 0 Å². The van der Waals surface area contributed by atoms with Crippen LogP contribution in [0.15, 0.2) is 217 Å². The number of aliphatic hydroxyl groups excluding tert-OH is 3. The summed E-state index contributed by atoms with van der Waals surface area (Å²) >= 11 is 4.99. The fourth-order valence-corrected chi connectivity index (χ4v) is 11.5. The molecule has 111 heavy (non-hydrogen) atoms. The van der Waals surface area contributed by atoms with Crippen molar-refractivity contribution in [2.45, 2.75) is 117 Å². The Kier molecular flexibility index (Phi) is 60.2. The second kappa shape index (κ2) is 63.9. The number of alkyl halides is 1. The second-order valence-electron chi connectivity index (χ2n) is 26.2. The number of nitrogens with one attached hydrogen (secondary N) is 2. The Balaban J connectivity index is 0. The van der Waals surface area contributed by atoms with E-state index in [4.69, 9.17) is 62.3 Å². The Hall–Kier alpha value is -6.47. The van der Waals surface area contributed by atoms with Gasteiger partial charge in [0.1, 0.15) is 33.0 Å². The molecule has 0 saturated carbocycles. The van der Waals surface area contributed by atoms with Crippen molar-refractivity contribution in [1.82, 2.24) is 35.1 Å². The normalized spacial score (nSPS) is 17.8. The SMILES string of the molecule is CC(=O)CCl.CCOC(=O)CN(CC(C)=O)Cc1ccccc1.CCOC(=O)CNCc1ccccc1.COC1=CC(=O)CN(Cc2ccccc2)C1.Cl.[B].[B]C.[B]C1=CC(=O)CN(Cc2ccccc2)C1.[B]C1=CC(O)CN(Cc2ccccc2)C1.[B]C1CC(O)CN(Cc2ccccc2)C1.[B]C1CNCC(O)C1.[H-].[Na+]. The minimum Gasteiger partial charge on any atom is -1.00 e. The van der Waals surface area contributed by atoms with Gasteiger partial charge in [-0.2, -0.15) is 0 Å². The number of benzene rings is 6. The number of nitrogens with zero attached hydrogens (tertiary/aromatic N) is 5. The van der Waals surface area contributed by atoms with E-state index in [0.29, 0.717) is 71.0 Å². The number of methoxy groups -OCH3 is 1. The fraction of sp³-hybridized carbons (Fsp3) is 0.422. The van der Waals surface area contributed by atoms with Gasteiger partial charge in [-0.3, -0.25) is 53.3 Å². The van der Waals surface area contributed by atoms with Gasteiger partial charge in [0, 0.05) is 86.5 Å². The molecule has 0 bridgehead atoms. The van der Waals surface area contributed by atoms with Crippen LogP contribution in [0.25, 0.3) is 0 Å². The van der Waals surface area contributed by atoms with Crippen LogP contribution in [0.5, 0.6) is 0 Å². The van der Waals surface area contributed by atoms with Crippen molar-refractivity contribution in [3.8, 4) is 0 Å². The van der Waals surface area contributed by atoms with Crippen LogP contribution >= 0.6 is 24.0 Å². The summed E-state index contributed by atoms with van der Waals surface area (Å²) in [4.78, 5) is 76.3. The van der Waals surface area contributed by atoms with E-state index in [9.17, 15) is 39.0 Å². The standard InChI is InChI=1S/C14H19NO3.C13H15NO2.C12H16BNO.C12H14BNO.C12H12BNO.C11H15NO2.C5H10BNO.C3H5ClO.CH3B.B.ClH.Na.H/c1-3-18-14(17)11-15(9-12(2)16)10-13-7-5-4-6-8-13;1-16-13-7-12(15)9-14(10-13)8-11-5-3-2-4-6-11;3*13-11-6-12(15)9-14(8-11)7-10-4-2-1-3-5-10;1-2-14-11(13)9-12-8-10-6-4-3-5-7-10;6-4-1-5(8)3-7-2-4;1-3(5)2-4;1-2;;;;/h4-8H,3,9-11H2,1-2H3;2-7H,8-10H2,1H3;1-5,11-12,15H,6-9H2;1-6,12,15H,7-9H2;1-6H,7-9H2;3-7,12H,2,8-9H2,1H3;4-5,7-8H,1-3H2;2H2,1H3;1H3;;1H;;/q;;;;;;;;;;;+1;-1. The number of rotatable bonds is 22. The summed E-state index contributed by atoms with van der Waals surface area (Å²) in [5.41, 5.74) is 8.59. The van der Waals surface area contributed by atoms with E-state index in [1.807, 2.05) is 138 Å². The number of esters is 2. The molecule has 6 aromatic rings. The van der Waals surface area contributed by atoms with Gasteiger partial charge in [-0.15, -0.1) is 35.0 Å². The first-order valence-corrected chi connectivity index (χ1v) is 37.0. The smallest absolute Gasteiger partial charge is 1.00 e. The predicted octanol–water partition coefficient (Wildman–Crippen LogP) is 5.30. The first-order chi connectivity index (χ1) is 52.0. The van der Waals surface area contributed by atoms with Crippen molar-refractivity contribution in [3.05, 3.63) is 250 Å². The van der Waals surface area contributed by atoms with Crippen LogP contribution in [-0.2, 0) is 82.2 Å². The molecule has 5 heterocycles. The number of ketones is 4. The van der Waals surface area contributed by atoms with Crippen LogP contribution in [0.3, 0.4) is 0 Å². The average Bonchev–Trinajstić information content (AvgIpc) is 0.956. The first-order valence-electron chi connectivity index (χ1n) is 36.5. The van der Waals surface area contributed by atoms with Crippen LogP contribution in [0.4, 0.5) is 0 Å². The first kappa shape index (κ1) is 105. The molecular formula is C83H111B6Cl2N7NaO12. The van der Waals surface area contributed by atoms with Gasteiger partial charge in [0.2, 0.25) is 0 Å². The molecule has 6 aromatic carbocycles. The molecule has 0 aromatic heterocycles. The van der Waals surface area contributed by atoms with E-state index in [0.717, 1.165) is 87.6 Å². The van der Waals surface area contributed by atoms with E-state index in [-0.39, 0.29) is 136 Å². The Labute approximate surface area is 704 Å². The summed E-state index contributed by atoms with van der Waals surface area (Å²) in [6.07, 6.45) is 5.39. The van der Waals surface area contributed by atoms with Gasteiger partial charge in [0.05, 0.1) is 107 Å². The topological polar surface area (TPSA) is 231 Å². The Bertz CT molecular complexity index is 3560. The third-order valence-electron chi connectivity index (χ3n) is 15.9. The zero-order chi connectivity index (χ0) is 79.3. The van der Waals surface area contributed by atoms with Crippen molar-refractivity contribution < 1.29 is 89.3 Å². The zero-order valence-electron chi connectivity index (χ0n) is 66.9. The van der Waals surface area contributed by atoms with Gasteiger partial charge in [-0.05, 0) is 93.1 Å². The number of carbonyl (C=O) groups is 6. The van der Waals surface area contributed by atoms with E-state index < -0.39 is 6.10 Å². The van der Waals surface area contributed by atoms with Crippen molar-refractivity contribution in [3.63, 3.8) is 0 Å². The summed E-state index contributed by atoms with van der Waals surface area (Å²) in [7, 11) is 28.9. The molecule has 0 amide bonds. The van der Waals surface area contributed by atoms with Gasteiger partial charge in [0.15, 0.2) is 11.6 Å². The summed E-state index contributed by atoms with van der Waals surface area (Å²) in [5, 5.41) is 34.1. The number of β-amino-alcohol motifs (C(OH)–C–C–N with tert-alkyl or cyclic N) is 3. The van der Waals surface area contributed by atoms with Gasteiger partial charge >= 0.3 is 41.5 Å². The number of carbonyl (C=O) groups excluding carboxylic acids is 6. The molecule has 2 saturated heterocycles. The van der Waals surface area contributed by atoms with Crippen molar-refractivity contribution in [2.24, 2.45) is 0 Å². The third kappa shape index (κ3) is 51.8. The molecule has 5 aliphatic heterocycles. The van der Waals surface area contributed by atoms with Crippen molar-refractivity contribution in [2.75, 3.05) is 111 Å². The monoisotopic (exact) mass is 1560 g/mol. The quantitative estimate of drug-likeness (QED) is 0.0330. The largest absolute Gasteiger partial charge is 1.00 e. The van der Waals surface area contributed by atoms with Gasteiger partial charge < -0.3 is 41.6 Å². The van der Waals surface area contributed by atoms with Gasteiger partial charge in [0.25, 0.3) is 0 Å². The summed E-state index contributed by atoms with van der Waals surface area (Å²) in [5.74, 6) is 0.900. The minimum atomic E-state index is -0.428. The fourth-order valence-electron chi connectivity index (χ4n) is 11.5. The van der Waals surface area contributed by atoms with E-state index in [1.54, 1.807) is 38.0 Å². The molecule has 0 spiro atoms. The molecule has 19 nitrogen and oxygen atoms in total. The molecule has 0 aliphatic carbocycles. The molecule has 11 rings (SSSR count). The number of ether oxygens (including phenoxy) is 3. The van der Waals surface area contributed by atoms with Crippen molar-refractivity contribution >= 4 is 107 Å². The maximum Gasteiger partial charge on any atom is 1.00 e. The molecule has 2 fully saturated rings. The van der Waals surface area contributed by atoms with Crippen LogP contribution in [0.1, 0.15) is 75.3 Å². The zero-order valence-corrected chi connectivity index (χ0v) is 69.5. The molecule has 28 heteroatoms. The van der Waals surface area contributed by atoms with Crippen LogP contribution in [0, 0.1) is 0 Å². The summed E-state index contributed by atoms with van der Waals surface area (Å²) in [6.45, 7) is 20.9. The molecule has 583 valence electrons. The second-order valence-corrected chi connectivity index (χ2v) is 26.5. The van der Waals surface area contributed by atoms with Gasteiger partial charge in [-0.1, -0.05) is 207 Å². The molecule has 13 radical (unpaired) electrons. The van der Waals surface area contributed by atoms with E-state index in [2.05, 4.69) is 81.7 Å². The summed E-state index contributed by atoms with van der Waals surface area (Å²) < 4.78 is 14.8. The van der Waals surface area contributed by atoms with Gasteiger partial charge in [-0.25, -0.2) is 0 Å². The molecular weight excluding hydrogens is 1450 g/mol. The number of aliphatic hydroxyl groups is 3. The number of piperidine rings is 2. The Morgan fingerprint density at radius 3 is 1.36 bits per heavy atom. The van der Waals surface area contributed by atoms with E-state index in [1.165, 1.54) is 49.0 Å². The molecule has 5 atom stereocenters. The number of hydrogen-bond acceptors (Lipinski definition) is 19. The molecule has 5 unspecified atom stereocenters. The number of likely N-dealkylation sites (tertiary alicyclic amines) is 1. The minimum absolute atomic E-state index is 0. The van der Waals surface area contributed by atoms with Crippen LogP contribution < -0.4 is 40.2 Å². The van der Waals surface area contributed by atoms with Crippen LogP contribution in [0.2, 0.25) is 18.5 Å². The maximum absolute atomic E-state index is 11.4. The molecule has 5 aliphatic rings. The van der Waals surface area contributed by atoms with Crippen LogP contribution in [-0.4, -0.2) is 252 Å².